The van der Waals surface area contributed by atoms with Gasteiger partial charge in [0.15, 0.2) is 0 Å². The Morgan fingerprint density at radius 2 is 0.760 bits per heavy atom. The number of hydrogen-bond acceptors (Lipinski definition) is 2. The van der Waals surface area contributed by atoms with Gasteiger partial charge in [0.05, 0.1) is 22.8 Å². The number of aromatic amines is 2. The fourth-order valence-electron chi connectivity index (χ4n) is 2.94. The molecule has 8 bridgehead atoms. The van der Waals surface area contributed by atoms with E-state index in [9.17, 15) is 0 Å². The predicted molar refractivity (Wildman–Crippen MR) is 98.9 cm³/mol. The molecular weight excluding hydrogens is 344 g/mol. The second-order valence-corrected chi connectivity index (χ2v) is 5.91. The predicted octanol–water partition coefficient (Wildman–Crippen LogP) is 4.65. The Kier molecular flexibility index (Phi) is 4.00. The SMILES string of the molecule is C1=Cc2cc3ccc(cc4nc(cc5ccc(cc1n2)[nH]5)C=C4)[nH]3.[Ti+4]. The van der Waals surface area contributed by atoms with E-state index in [1.807, 2.05) is 48.6 Å². The summed E-state index contributed by atoms with van der Waals surface area (Å²) in [6.45, 7) is 0. The quantitative estimate of drug-likeness (QED) is 0.396. The summed E-state index contributed by atoms with van der Waals surface area (Å²) in [6.07, 6.45) is 8.09. The maximum absolute atomic E-state index is 4.63. The van der Waals surface area contributed by atoms with E-state index in [4.69, 9.17) is 0 Å². The zero-order valence-corrected chi connectivity index (χ0v) is 14.9. The molecule has 4 nitrogen and oxygen atoms in total. The number of nitrogens with one attached hydrogen (secondary N) is 2. The van der Waals surface area contributed by atoms with E-state index in [-0.39, 0.29) is 21.7 Å². The van der Waals surface area contributed by atoms with Crippen molar-refractivity contribution >= 4 is 46.4 Å². The van der Waals surface area contributed by atoms with Crippen molar-refractivity contribution in [3.63, 3.8) is 0 Å². The molecule has 0 saturated carbocycles. The summed E-state index contributed by atoms with van der Waals surface area (Å²) < 4.78 is 0. The average molecular weight is 358 g/mol. The van der Waals surface area contributed by atoms with Crippen LogP contribution in [0.25, 0.3) is 46.4 Å². The molecule has 25 heavy (non-hydrogen) atoms. The first-order valence-electron chi connectivity index (χ1n) is 7.85. The topological polar surface area (TPSA) is 57.4 Å². The van der Waals surface area contributed by atoms with Crippen LogP contribution in [0.4, 0.5) is 0 Å². The first kappa shape index (κ1) is 15.8. The zero-order chi connectivity index (χ0) is 15.9. The third kappa shape index (κ3) is 3.27. The molecule has 0 saturated heterocycles. The van der Waals surface area contributed by atoms with Gasteiger partial charge in [0.25, 0.3) is 0 Å². The number of nitrogens with zero attached hydrogens (tertiary/aromatic N) is 2. The van der Waals surface area contributed by atoms with Gasteiger partial charge in [0.1, 0.15) is 0 Å². The van der Waals surface area contributed by atoms with Gasteiger partial charge >= 0.3 is 21.7 Å². The van der Waals surface area contributed by atoms with Crippen LogP contribution in [0.1, 0.15) is 22.8 Å². The van der Waals surface area contributed by atoms with Crippen molar-refractivity contribution in [1.29, 1.82) is 0 Å². The molecule has 0 fully saturated rings. The molecule has 0 radical (unpaired) electrons. The Balaban J connectivity index is 0.00000157. The molecule has 5 heterocycles. The fraction of sp³-hybridized carbons (Fsp3) is 0. The third-order valence-electron chi connectivity index (χ3n) is 4.04. The molecule has 0 atom stereocenters. The van der Waals surface area contributed by atoms with E-state index < -0.39 is 0 Å². The van der Waals surface area contributed by atoms with Crippen molar-refractivity contribution < 1.29 is 21.7 Å². The number of aromatic nitrogens is 4. The summed E-state index contributed by atoms with van der Waals surface area (Å²) in [5.74, 6) is 0. The van der Waals surface area contributed by atoms with Crippen LogP contribution in [0.5, 0.6) is 0 Å². The fourth-order valence-corrected chi connectivity index (χ4v) is 2.94. The van der Waals surface area contributed by atoms with Crippen molar-refractivity contribution in [2.24, 2.45) is 0 Å². The molecule has 0 aromatic carbocycles. The van der Waals surface area contributed by atoms with Gasteiger partial charge in [-0.3, -0.25) is 0 Å². The van der Waals surface area contributed by atoms with Gasteiger partial charge in [-0.1, -0.05) is 0 Å². The van der Waals surface area contributed by atoms with Gasteiger partial charge in [0, 0.05) is 22.1 Å². The van der Waals surface area contributed by atoms with E-state index >= 15 is 0 Å². The number of hydrogen-bond donors (Lipinski definition) is 2. The van der Waals surface area contributed by atoms with Crippen molar-refractivity contribution in [2.45, 2.75) is 0 Å². The normalized spacial score (nSPS) is 12.2. The summed E-state index contributed by atoms with van der Waals surface area (Å²) in [5, 5.41) is 0. The van der Waals surface area contributed by atoms with Crippen LogP contribution in [0.3, 0.4) is 0 Å². The maximum Gasteiger partial charge on any atom is 4.00 e. The van der Waals surface area contributed by atoms with Gasteiger partial charge in [-0.15, -0.1) is 0 Å². The molecule has 3 aromatic rings. The summed E-state index contributed by atoms with van der Waals surface area (Å²) in [7, 11) is 0. The molecule has 0 amide bonds. The molecule has 5 rings (SSSR count). The third-order valence-corrected chi connectivity index (χ3v) is 4.04. The minimum atomic E-state index is 0. The van der Waals surface area contributed by atoms with Crippen molar-refractivity contribution in [2.75, 3.05) is 0 Å². The van der Waals surface area contributed by atoms with Gasteiger partial charge in [-0.05, 0) is 72.8 Å². The molecule has 114 valence electrons. The average Bonchev–Trinajstić information content (AvgIpc) is 3.32. The first-order chi connectivity index (χ1) is 11.8. The Labute approximate surface area is 159 Å². The van der Waals surface area contributed by atoms with Crippen molar-refractivity contribution in [1.82, 2.24) is 19.9 Å². The smallest absolute Gasteiger partial charge is 0.355 e. The summed E-state index contributed by atoms with van der Waals surface area (Å²) >= 11 is 0. The second kappa shape index (κ2) is 6.32. The molecule has 0 aliphatic carbocycles. The first-order valence-corrected chi connectivity index (χ1v) is 7.85. The molecular formula is C20H14N4Ti+4. The Morgan fingerprint density at radius 3 is 1.04 bits per heavy atom. The van der Waals surface area contributed by atoms with Gasteiger partial charge in [-0.25, -0.2) is 9.97 Å². The monoisotopic (exact) mass is 358 g/mol. The molecule has 0 spiro atoms. The minimum absolute atomic E-state index is 0. The Hall–Kier alpha value is -2.69. The van der Waals surface area contributed by atoms with Crippen molar-refractivity contribution in [3.05, 3.63) is 71.3 Å². The van der Waals surface area contributed by atoms with Crippen LogP contribution in [0, 0.1) is 0 Å². The van der Waals surface area contributed by atoms with Crippen molar-refractivity contribution in [3.8, 4) is 0 Å². The molecule has 2 N–H and O–H groups in total. The zero-order valence-electron chi connectivity index (χ0n) is 13.3. The van der Waals surface area contributed by atoms with E-state index in [2.05, 4.69) is 44.2 Å². The largest absolute Gasteiger partial charge is 4.00 e. The number of fused-ring (bicyclic) bond motifs is 8. The summed E-state index contributed by atoms with van der Waals surface area (Å²) in [6, 6.07) is 16.4. The molecule has 2 aliphatic heterocycles. The van der Waals surface area contributed by atoms with Crippen LogP contribution in [0.15, 0.2) is 48.5 Å². The number of H-pyrrole nitrogens is 2. The molecule has 0 unspecified atom stereocenters. The summed E-state index contributed by atoms with van der Waals surface area (Å²) in [4.78, 5) is 16.0. The van der Waals surface area contributed by atoms with E-state index in [1.54, 1.807) is 0 Å². The standard InChI is InChI=1S/C20H14N4.Ti/c1-2-14-10-16-5-6-18(23-16)12-20-8-7-19(24-20)11-17-4-3-15(22-17)9-13(1)21-14;/h1-12,21,24H;/q;+4. The number of rotatable bonds is 0. The van der Waals surface area contributed by atoms with Crippen LogP contribution < -0.4 is 0 Å². The molecule has 3 aromatic heterocycles. The van der Waals surface area contributed by atoms with E-state index in [0.717, 1.165) is 44.8 Å². The van der Waals surface area contributed by atoms with Crippen LogP contribution in [0.2, 0.25) is 0 Å². The van der Waals surface area contributed by atoms with Crippen LogP contribution in [-0.2, 0) is 21.7 Å². The minimum Gasteiger partial charge on any atom is -0.355 e. The second-order valence-electron chi connectivity index (χ2n) is 5.91. The Bertz CT molecular complexity index is 990. The maximum atomic E-state index is 4.63. The molecule has 5 heteroatoms. The molecule has 2 aliphatic rings. The van der Waals surface area contributed by atoms with E-state index in [1.165, 1.54) is 0 Å². The Morgan fingerprint density at radius 1 is 0.480 bits per heavy atom. The van der Waals surface area contributed by atoms with Gasteiger partial charge in [0.2, 0.25) is 0 Å². The van der Waals surface area contributed by atoms with Crippen LogP contribution in [-0.4, -0.2) is 19.9 Å². The van der Waals surface area contributed by atoms with Crippen LogP contribution >= 0.6 is 0 Å². The van der Waals surface area contributed by atoms with Gasteiger partial charge in [-0.2, -0.15) is 0 Å². The van der Waals surface area contributed by atoms with Gasteiger partial charge < -0.3 is 9.97 Å². The van der Waals surface area contributed by atoms with E-state index in [0.29, 0.717) is 0 Å². The summed E-state index contributed by atoms with van der Waals surface area (Å²) in [5.41, 5.74) is 7.86.